The SMILES string of the molecule is COc1ccc(OCC2COC(CSCC(=O)NCc3cccnc3)O2)cc1. The molecule has 2 atom stereocenters. The smallest absolute Gasteiger partial charge is 0.230 e. The van der Waals surface area contributed by atoms with E-state index in [0.717, 1.165) is 17.1 Å². The zero-order valence-corrected chi connectivity index (χ0v) is 16.5. The monoisotopic (exact) mass is 404 g/mol. The van der Waals surface area contributed by atoms with E-state index in [1.165, 1.54) is 11.8 Å². The van der Waals surface area contributed by atoms with Crippen LogP contribution in [0.3, 0.4) is 0 Å². The van der Waals surface area contributed by atoms with Gasteiger partial charge in [0.2, 0.25) is 5.91 Å². The number of hydrogen-bond acceptors (Lipinski definition) is 7. The number of ether oxygens (including phenoxy) is 4. The molecule has 2 aromatic rings. The van der Waals surface area contributed by atoms with Crippen LogP contribution in [0, 0.1) is 0 Å². The van der Waals surface area contributed by atoms with Crippen molar-refractivity contribution in [3.63, 3.8) is 0 Å². The molecule has 0 bridgehead atoms. The Labute approximate surface area is 168 Å². The lowest BCUT2D eigenvalue weighted by Gasteiger charge is -2.13. The van der Waals surface area contributed by atoms with Crippen LogP contribution < -0.4 is 14.8 Å². The molecule has 2 unspecified atom stereocenters. The Bertz CT molecular complexity index is 729. The van der Waals surface area contributed by atoms with Crippen molar-refractivity contribution < 1.29 is 23.7 Å². The van der Waals surface area contributed by atoms with Gasteiger partial charge < -0.3 is 24.3 Å². The predicted molar refractivity (Wildman–Crippen MR) is 107 cm³/mol. The van der Waals surface area contributed by atoms with E-state index in [9.17, 15) is 4.79 Å². The molecule has 1 aromatic carbocycles. The highest BCUT2D eigenvalue weighted by Gasteiger charge is 2.26. The number of nitrogens with zero attached hydrogens (tertiary/aromatic N) is 1. The molecule has 8 heteroatoms. The van der Waals surface area contributed by atoms with Gasteiger partial charge >= 0.3 is 0 Å². The van der Waals surface area contributed by atoms with Gasteiger partial charge in [-0.15, -0.1) is 11.8 Å². The molecule has 28 heavy (non-hydrogen) atoms. The second-order valence-electron chi connectivity index (χ2n) is 6.16. The summed E-state index contributed by atoms with van der Waals surface area (Å²) in [6.07, 6.45) is 3.01. The molecule has 7 nitrogen and oxygen atoms in total. The highest BCUT2D eigenvalue weighted by molar-refractivity contribution is 7.99. The lowest BCUT2D eigenvalue weighted by atomic mass is 10.3. The minimum atomic E-state index is -0.319. The van der Waals surface area contributed by atoms with E-state index in [-0.39, 0.29) is 18.3 Å². The van der Waals surface area contributed by atoms with Gasteiger partial charge in [0.25, 0.3) is 0 Å². The maximum Gasteiger partial charge on any atom is 0.230 e. The van der Waals surface area contributed by atoms with Gasteiger partial charge in [0, 0.05) is 24.7 Å². The summed E-state index contributed by atoms with van der Waals surface area (Å²) in [7, 11) is 1.63. The van der Waals surface area contributed by atoms with Gasteiger partial charge in [0.1, 0.15) is 24.2 Å². The Kier molecular flexibility index (Phi) is 7.95. The van der Waals surface area contributed by atoms with E-state index in [0.29, 0.717) is 31.3 Å². The molecule has 0 spiro atoms. The Balaban J connectivity index is 1.27. The highest BCUT2D eigenvalue weighted by atomic mass is 32.2. The Hall–Kier alpha value is -2.29. The summed E-state index contributed by atoms with van der Waals surface area (Å²) in [4.78, 5) is 15.9. The molecule has 1 N–H and O–H groups in total. The fourth-order valence-electron chi connectivity index (χ4n) is 2.55. The summed E-state index contributed by atoms with van der Waals surface area (Å²) in [6.45, 7) is 1.38. The quantitative estimate of drug-likeness (QED) is 0.651. The molecule has 1 saturated heterocycles. The zero-order valence-electron chi connectivity index (χ0n) is 15.7. The van der Waals surface area contributed by atoms with Crippen molar-refractivity contribution in [3.8, 4) is 11.5 Å². The van der Waals surface area contributed by atoms with Crippen molar-refractivity contribution in [2.45, 2.75) is 18.9 Å². The summed E-state index contributed by atoms with van der Waals surface area (Å²) < 4.78 is 22.3. The molecule has 0 aliphatic carbocycles. The van der Waals surface area contributed by atoms with Gasteiger partial charge in [-0.3, -0.25) is 9.78 Å². The molecule has 1 aromatic heterocycles. The van der Waals surface area contributed by atoms with E-state index in [4.69, 9.17) is 18.9 Å². The molecule has 0 radical (unpaired) electrons. The number of hydrogen-bond donors (Lipinski definition) is 1. The first-order valence-electron chi connectivity index (χ1n) is 9.00. The average Bonchev–Trinajstić information content (AvgIpc) is 3.19. The Morgan fingerprint density at radius 2 is 2.11 bits per heavy atom. The summed E-state index contributed by atoms with van der Waals surface area (Å²) in [5, 5.41) is 2.87. The van der Waals surface area contributed by atoms with Crippen LogP contribution >= 0.6 is 11.8 Å². The first-order chi connectivity index (χ1) is 13.7. The van der Waals surface area contributed by atoms with Crippen molar-refractivity contribution in [1.82, 2.24) is 10.3 Å². The number of rotatable bonds is 10. The van der Waals surface area contributed by atoms with Crippen molar-refractivity contribution in [2.24, 2.45) is 0 Å². The minimum Gasteiger partial charge on any atom is -0.497 e. The second-order valence-corrected chi connectivity index (χ2v) is 7.19. The van der Waals surface area contributed by atoms with Crippen LogP contribution in [-0.2, 0) is 20.8 Å². The fourth-order valence-corrected chi connectivity index (χ4v) is 3.32. The maximum absolute atomic E-state index is 11.9. The first-order valence-corrected chi connectivity index (χ1v) is 10.2. The molecule has 1 aliphatic rings. The number of benzene rings is 1. The molecular weight excluding hydrogens is 380 g/mol. The number of amides is 1. The number of pyridine rings is 1. The van der Waals surface area contributed by atoms with Crippen LogP contribution in [0.4, 0.5) is 0 Å². The molecule has 0 saturated carbocycles. The van der Waals surface area contributed by atoms with Gasteiger partial charge in [0.15, 0.2) is 6.29 Å². The van der Waals surface area contributed by atoms with Crippen molar-refractivity contribution >= 4 is 17.7 Å². The standard InChI is InChI=1S/C20H24N2O5S/c1-24-16-4-6-17(7-5-16)25-11-18-12-26-20(27-18)14-28-13-19(23)22-10-15-3-2-8-21-9-15/h2-9,18,20H,10-14H2,1H3,(H,22,23). The van der Waals surface area contributed by atoms with Gasteiger partial charge in [-0.2, -0.15) is 0 Å². The number of nitrogens with one attached hydrogen (secondary N) is 1. The molecular formula is C20H24N2O5S. The van der Waals surface area contributed by atoms with Gasteiger partial charge in [-0.1, -0.05) is 6.07 Å². The minimum absolute atomic E-state index is 0.0220. The van der Waals surface area contributed by atoms with E-state index in [2.05, 4.69) is 10.3 Å². The third-order valence-corrected chi connectivity index (χ3v) is 4.98. The highest BCUT2D eigenvalue weighted by Crippen LogP contribution is 2.20. The average molecular weight is 404 g/mol. The molecule has 1 amide bonds. The van der Waals surface area contributed by atoms with Crippen LogP contribution in [0.1, 0.15) is 5.56 Å². The number of thioether (sulfide) groups is 1. The molecule has 1 fully saturated rings. The van der Waals surface area contributed by atoms with Crippen molar-refractivity contribution in [1.29, 1.82) is 0 Å². The second kappa shape index (κ2) is 10.9. The maximum atomic E-state index is 11.9. The largest absolute Gasteiger partial charge is 0.497 e. The van der Waals surface area contributed by atoms with Crippen LogP contribution in [0.5, 0.6) is 11.5 Å². The van der Waals surface area contributed by atoms with Gasteiger partial charge in [-0.25, -0.2) is 0 Å². The normalized spacial score (nSPS) is 18.6. The number of methoxy groups -OCH3 is 1. The third-order valence-electron chi connectivity index (χ3n) is 4.01. The Morgan fingerprint density at radius 3 is 2.86 bits per heavy atom. The Morgan fingerprint density at radius 1 is 1.29 bits per heavy atom. The summed E-state index contributed by atoms with van der Waals surface area (Å²) in [5.74, 6) is 2.48. The van der Waals surface area contributed by atoms with E-state index < -0.39 is 0 Å². The summed E-state index contributed by atoms with van der Waals surface area (Å²) in [5.41, 5.74) is 0.975. The lowest BCUT2D eigenvalue weighted by Crippen LogP contribution is -2.26. The summed E-state index contributed by atoms with van der Waals surface area (Å²) >= 11 is 1.48. The molecule has 1 aliphatic heterocycles. The number of carbonyl (C=O) groups is 1. The predicted octanol–water partition coefficient (Wildman–Crippen LogP) is 2.26. The van der Waals surface area contributed by atoms with Crippen molar-refractivity contribution in [3.05, 3.63) is 54.4 Å². The summed E-state index contributed by atoms with van der Waals surface area (Å²) in [6, 6.07) is 11.2. The van der Waals surface area contributed by atoms with Gasteiger partial charge in [0.05, 0.1) is 19.5 Å². The van der Waals surface area contributed by atoms with Crippen molar-refractivity contribution in [2.75, 3.05) is 31.8 Å². The number of aromatic nitrogens is 1. The van der Waals surface area contributed by atoms with E-state index >= 15 is 0 Å². The van der Waals surface area contributed by atoms with E-state index in [1.54, 1.807) is 19.5 Å². The van der Waals surface area contributed by atoms with Gasteiger partial charge in [-0.05, 0) is 35.9 Å². The van der Waals surface area contributed by atoms with Crippen LogP contribution in [0.25, 0.3) is 0 Å². The van der Waals surface area contributed by atoms with E-state index in [1.807, 2.05) is 36.4 Å². The lowest BCUT2D eigenvalue weighted by molar-refractivity contribution is -0.118. The zero-order chi connectivity index (χ0) is 19.6. The third kappa shape index (κ3) is 6.70. The number of carbonyl (C=O) groups excluding carboxylic acids is 1. The topological polar surface area (TPSA) is 78.9 Å². The molecule has 150 valence electrons. The first kappa shape index (κ1) is 20.4. The van der Waals surface area contributed by atoms with Crippen LogP contribution in [0.15, 0.2) is 48.8 Å². The van der Waals surface area contributed by atoms with Crippen LogP contribution in [-0.4, -0.2) is 55.1 Å². The molecule has 2 heterocycles. The fraction of sp³-hybridized carbons (Fsp3) is 0.400. The van der Waals surface area contributed by atoms with Crippen LogP contribution in [0.2, 0.25) is 0 Å². The molecule has 3 rings (SSSR count).